The normalized spacial score (nSPS) is 34.5. The van der Waals surface area contributed by atoms with Gasteiger partial charge < -0.3 is 0 Å². The molecule has 0 amide bonds. The predicted octanol–water partition coefficient (Wildman–Crippen LogP) is 1.78. The van der Waals surface area contributed by atoms with E-state index in [4.69, 9.17) is 26.4 Å². The Kier molecular flexibility index (Phi) is 6.14. The molecule has 0 aromatic rings. The zero-order chi connectivity index (χ0) is 16.4. The number of hydrogen-bond acceptors (Lipinski definition) is 6. The van der Waals surface area contributed by atoms with Crippen LogP contribution in [-0.4, -0.2) is 58.9 Å². The van der Waals surface area contributed by atoms with Crippen LogP contribution in [0.1, 0.15) is 27.7 Å². The van der Waals surface area contributed by atoms with Gasteiger partial charge in [0.2, 0.25) is 0 Å². The fraction of sp³-hybridized carbons (Fsp3) is 1.00. The van der Waals surface area contributed by atoms with Crippen molar-refractivity contribution in [2.45, 2.75) is 76.5 Å². The number of methoxy groups -OCH3 is 1. The second-order valence-electron chi connectivity index (χ2n) is 6.95. The fourth-order valence-electron chi connectivity index (χ4n) is 2.04. The SMILES string of the molecule is [B]=NOC1OC(C)C(O)C(OC)C1O[Si](C)(C)C(C)(C)C. The third-order valence-corrected chi connectivity index (χ3v) is 8.91. The van der Waals surface area contributed by atoms with Crippen LogP contribution in [0.25, 0.3) is 0 Å². The molecule has 1 saturated heterocycles. The molecule has 1 aliphatic heterocycles. The molecule has 1 fully saturated rings. The van der Waals surface area contributed by atoms with Crippen LogP contribution < -0.4 is 0 Å². The van der Waals surface area contributed by atoms with E-state index in [1.54, 1.807) is 6.92 Å². The molecule has 1 N–H and O–H groups in total. The van der Waals surface area contributed by atoms with Crippen LogP contribution >= 0.6 is 0 Å². The zero-order valence-corrected chi connectivity index (χ0v) is 15.0. The molecule has 6 nitrogen and oxygen atoms in total. The van der Waals surface area contributed by atoms with Crippen molar-refractivity contribution < 1.29 is 23.8 Å². The summed E-state index contributed by atoms with van der Waals surface area (Å²) in [6.45, 7) is 12.4. The van der Waals surface area contributed by atoms with Gasteiger partial charge >= 0.3 is 129 Å². The van der Waals surface area contributed by atoms with Crippen molar-refractivity contribution in [3.8, 4) is 0 Å². The van der Waals surface area contributed by atoms with Crippen LogP contribution in [0.5, 0.6) is 0 Å². The minimum atomic E-state index is -2.11. The summed E-state index contributed by atoms with van der Waals surface area (Å²) in [6, 6.07) is 0. The van der Waals surface area contributed by atoms with Crippen molar-refractivity contribution in [1.29, 1.82) is 0 Å². The van der Waals surface area contributed by atoms with Crippen LogP contribution in [0.15, 0.2) is 5.06 Å². The second kappa shape index (κ2) is 6.87. The summed E-state index contributed by atoms with van der Waals surface area (Å²) < 4.78 is 17.4. The molecule has 0 aromatic heterocycles. The quantitative estimate of drug-likeness (QED) is 0.618. The van der Waals surface area contributed by atoms with Crippen molar-refractivity contribution >= 4 is 16.0 Å². The Morgan fingerprint density at radius 3 is 2.24 bits per heavy atom. The first-order valence-electron chi connectivity index (χ1n) is 7.15. The molecule has 1 heterocycles. The molecule has 0 aliphatic carbocycles. The van der Waals surface area contributed by atoms with E-state index in [0.29, 0.717) is 0 Å². The van der Waals surface area contributed by atoms with Crippen molar-refractivity contribution in [3.05, 3.63) is 0 Å². The molecule has 0 bridgehead atoms. The van der Waals surface area contributed by atoms with Crippen LogP contribution in [0.3, 0.4) is 0 Å². The maximum atomic E-state index is 10.3. The van der Waals surface area contributed by atoms with E-state index in [1.807, 2.05) is 0 Å². The molecule has 1 radical (unpaired) electrons. The molecular formula is C13H27BNO5Si. The Morgan fingerprint density at radius 1 is 1.24 bits per heavy atom. The van der Waals surface area contributed by atoms with E-state index in [0.717, 1.165) is 0 Å². The number of rotatable bonds is 5. The van der Waals surface area contributed by atoms with Gasteiger partial charge in [0.25, 0.3) is 0 Å². The number of aliphatic hydroxyl groups excluding tert-OH is 1. The third-order valence-electron chi connectivity index (χ3n) is 4.43. The molecule has 1 aliphatic rings. The van der Waals surface area contributed by atoms with Gasteiger partial charge in [0.05, 0.1) is 0 Å². The minimum absolute atomic E-state index is 0.00369. The van der Waals surface area contributed by atoms with Gasteiger partial charge in [0.15, 0.2) is 0 Å². The predicted molar refractivity (Wildman–Crippen MR) is 82.5 cm³/mol. The van der Waals surface area contributed by atoms with Gasteiger partial charge in [-0.05, 0) is 0 Å². The van der Waals surface area contributed by atoms with Crippen LogP contribution in [0.4, 0.5) is 0 Å². The number of hydrogen-bond donors (Lipinski definition) is 1. The molecule has 1 rings (SSSR count). The first kappa shape index (κ1) is 18.8. The summed E-state index contributed by atoms with van der Waals surface area (Å²) in [5.74, 6) is 0. The molecule has 0 spiro atoms. The molecule has 5 atom stereocenters. The average molecular weight is 316 g/mol. The Labute approximate surface area is 129 Å². The topological polar surface area (TPSA) is 69.5 Å². The summed E-state index contributed by atoms with van der Waals surface area (Å²) in [4.78, 5) is 5.09. The van der Waals surface area contributed by atoms with E-state index in [-0.39, 0.29) is 5.04 Å². The fourth-order valence-corrected chi connectivity index (χ4v) is 3.32. The van der Waals surface area contributed by atoms with Gasteiger partial charge in [-0.15, -0.1) is 0 Å². The molecule has 0 saturated carbocycles. The molecule has 21 heavy (non-hydrogen) atoms. The molecule has 8 heteroatoms. The van der Waals surface area contributed by atoms with Crippen LogP contribution in [-0.2, 0) is 18.7 Å². The van der Waals surface area contributed by atoms with Crippen molar-refractivity contribution in [2.75, 3.05) is 7.11 Å². The van der Waals surface area contributed by atoms with E-state index in [1.165, 1.54) is 7.11 Å². The van der Waals surface area contributed by atoms with E-state index < -0.39 is 39.0 Å². The monoisotopic (exact) mass is 316 g/mol. The molecule has 121 valence electrons. The van der Waals surface area contributed by atoms with Crippen molar-refractivity contribution in [2.24, 2.45) is 5.06 Å². The van der Waals surface area contributed by atoms with Crippen molar-refractivity contribution in [1.82, 2.24) is 0 Å². The van der Waals surface area contributed by atoms with E-state index in [2.05, 4.69) is 38.9 Å². The van der Waals surface area contributed by atoms with Gasteiger partial charge in [-0.25, -0.2) is 0 Å². The van der Waals surface area contributed by atoms with Gasteiger partial charge in [-0.2, -0.15) is 0 Å². The van der Waals surface area contributed by atoms with E-state index in [9.17, 15) is 5.11 Å². The molecule has 0 aromatic carbocycles. The Morgan fingerprint density at radius 2 is 1.81 bits per heavy atom. The molecule has 5 unspecified atom stereocenters. The Balaban J connectivity index is 3.03. The summed E-state index contributed by atoms with van der Waals surface area (Å²) >= 11 is 0. The summed E-state index contributed by atoms with van der Waals surface area (Å²) in [5.41, 5.74) is 0. The van der Waals surface area contributed by atoms with Gasteiger partial charge in [0.1, 0.15) is 0 Å². The van der Waals surface area contributed by atoms with Crippen molar-refractivity contribution in [3.63, 3.8) is 0 Å². The first-order valence-corrected chi connectivity index (χ1v) is 10.1. The van der Waals surface area contributed by atoms with Gasteiger partial charge in [-0.3, -0.25) is 0 Å². The first-order chi connectivity index (χ1) is 9.55. The standard InChI is InChI=1S/C13H27BNO5Si/c1-8-9(16)10(17-5)11(12(18-8)19-15-14)20-21(6,7)13(2,3)4/h8-12,16H,1-7H3. The Hall–Kier alpha value is -0.278. The van der Waals surface area contributed by atoms with Crippen LogP contribution in [0, 0.1) is 0 Å². The summed E-state index contributed by atoms with van der Waals surface area (Å²) in [5, 5.41) is 13.5. The maximum absolute atomic E-state index is 10.3. The number of nitrogens with zero attached hydrogens (tertiary/aromatic N) is 1. The molecular weight excluding hydrogens is 289 g/mol. The van der Waals surface area contributed by atoms with Crippen LogP contribution in [0.2, 0.25) is 18.1 Å². The zero-order valence-electron chi connectivity index (χ0n) is 14.0. The summed E-state index contributed by atoms with van der Waals surface area (Å²) in [6.07, 6.45) is -3.21. The number of aliphatic hydroxyl groups is 1. The Bertz CT molecular complexity index is 363. The average Bonchev–Trinajstić information content (AvgIpc) is 2.34. The van der Waals surface area contributed by atoms with E-state index >= 15 is 0 Å². The van der Waals surface area contributed by atoms with Gasteiger partial charge in [0, 0.05) is 0 Å². The second-order valence-corrected chi connectivity index (χ2v) is 11.7. The van der Waals surface area contributed by atoms with Gasteiger partial charge in [-0.1, -0.05) is 0 Å². The third kappa shape index (κ3) is 4.13. The summed E-state index contributed by atoms with van der Waals surface area (Å²) in [7, 11) is 4.54. The number of ether oxygens (including phenoxy) is 2.